The summed E-state index contributed by atoms with van der Waals surface area (Å²) in [5.74, 6) is -3.06. The van der Waals surface area contributed by atoms with Crippen molar-refractivity contribution in [3.8, 4) is 22.6 Å². The average Bonchev–Trinajstić information content (AvgIpc) is 2.85. The second-order valence-electron chi connectivity index (χ2n) is 9.94. The van der Waals surface area contributed by atoms with Gasteiger partial charge in [-0.15, -0.1) is 0 Å². The van der Waals surface area contributed by atoms with Crippen molar-refractivity contribution in [3.63, 3.8) is 0 Å². The number of phenols is 1. The summed E-state index contributed by atoms with van der Waals surface area (Å²) < 4.78 is 96.7. The molecule has 3 rings (SSSR count). The van der Waals surface area contributed by atoms with E-state index in [4.69, 9.17) is 9.47 Å². The van der Waals surface area contributed by atoms with E-state index < -0.39 is 58.9 Å². The zero-order chi connectivity index (χ0) is 30.8. The molecule has 0 bridgehead atoms. The Bertz CT molecular complexity index is 1420. The molecule has 0 aromatic heterocycles. The van der Waals surface area contributed by atoms with Gasteiger partial charge in [0.15, 0.2) is 0 Å². The number of rotatable bonds is 7. The van der Waals surface area contributed by atoms with Gasteiger partial charge in [0, 0.05) is 5.56 Å². The van der Waals surface area contributed by atoms with Crippen LogP contribution in [0.25, 0.3) is 11.1 Å². The van der Waals surface area contributed by atoms with E-state index in [-0.39, 0.29) is 34.4 Å². The van der Waals surface area contributed by atoms with Gasteiger partial charge >= 0.3 is 24.3 Å². The molecule has 6 nitrogen and oxygen atoms in total. The third kappa shape index (κ3) is 7.92. The lowest BCUT2D eigenvalue weighted by Crippen LogP contribution is -2.25. The van der Waals surface area contributed by atoms with Gasteiger partial charge in [0.25, 0.3) is 0 Å². The van der Waals surface area contributed by atoms with Crippen molar-refractivity contribution < 1.29 is 55.2 Å². The van der Waals surface area contributed by atoms with Crippen molar-refractivity contribution in [2.45, 2.75) is 51.8 Å². The van der Waals surface area contributed by atoms with Gasteiger partial charge in [-0.1, -0.05) is 30.3 Å². The first-order valence-electron chi connectivity index (χ1n) is 12.1. The lowest BCUT2D eigenvalue weighted by molar-refractivity contribution is -0.140. The lowest BCUT2D eigenvalue weighted by Gasteiger charge is -2.22. The van der Waals surface area contributed by atoms with Crippen LogP contribution >= 0.6 is 0 Å². The van der Waals surface area contributed by atoms with Crippen LogP contribution in [-0.2, 0) is 39.6 Å². The number of methoxy groups -OCH3 is 1. The van der Waals surface area contributed by atoms with Crippen LogP contribution in [0, 0.1) is 0 Å². The van der Waals surface area contributed by atoms with E-state index in [1.54, 1.807) is 0 Å². The second kappa shape index (κ2) is 11.7. The summed E-state index contributed by atoms with van der Waals surface area (Å²) in [5, 5.41) is 10.3. The van der Waals surface area contributed by atoms with Crippen molar-refractivity contribution in [2.75, 3.05) is 7.11 Å². The standard InChI is InChI=1S/C29H26F6O6/c1-27(2,3)41-26(38)24-18(8-12-21(25(24)37)28(30,31)32)15-40-19-9-6-17(7-10-19)20-11-5-16(14-23(36)39-4)13-22(20)29(33,34)35/h5-13,37H,14-15H2,1-4H3. The number of hydrogen-bond acceptors (Lipinski definition) is 6. The van der Waals surface area contributed by atoms with Gasteiger partial charge in [-0.05, 0) is 61.7 Å². The summed E-state index contributed by atoms with van der Waals surface area (Å²) in [4.78, 5) is 24.2. The Morgan fingerprint density at radius 1 is 0.829 bits per heavy atom. The minimum Gasteiger partial charge on any atom is -0.506 e. The molecule has 41 heavy (non-hydrogen) atoms. The number of carbonyl (C=O) groups excluding carboxylic acids is 2. The molecule has 0 spiro atoms. The zero-order valence-corrected chi connectivity index (χ0v) is 22.4. The molecule has 0 aliphatic rings. The zero-order valence-electron chi connectivity index (χ0n) is 22.4. The predicted octanol–water partition coefficient (Wildman–Crippen LogP) is 7.35. The van der Waals surface area contributed by atoms with Gasteiger partial charge in [0.05, 0.1) is 24.7 Å². The maximum atomic E-state index is 13.8. The van der Waals surface area contributed by atoms with E-state index in [2.05, 4.69) is 4.74 Å². The highest BCUT2D eigenvalue weighted by Gasteiger charge is 2.38. The van der Waals surface area contributed by atoms with E-state index in [1.807, 2.05) is 0 Å². The first-order valence-corrected chi connectivity index (χ1v) is 12.1. The Balaban J connectivity index is 1.90. The number of esters is 2. The van der Waals surface area contributed by atoms with Crippen molar-refractivity contribution in [3.05, 3.63) is 82.4 Å². The summed E-state index contributed by atoms with van der Waals surface area (Å²) in [6, 6.07) is 10.4. The van der Waals surface area contributed by atoms with Crippen molar-refractivity contribution in [1.29, 1.82) is 0 Å². The molecule has 0 unspecified atom stereocenters. The highest BCUT2D eigenvalue weighted by atomic mass is 19.4. The van der Waals surface area contributed by atoms with Crippen LogP contribution in [-0.4, -0.2) is 29.8 Å². The number of aromatic hydroxyl groups is 1. The fraction of sp³-hybridized carbons (Fsp3) is 0.310. The lowest BCUT2D eigenvalue weighted by atomic mass is 9.96. The Morgan fingerprint density at radius 2 is 1.44 bits per heavy atom. The van der Waals surface area contributed by atoms with Gasteiger partial charge < -0.3 is 19.3 Å². The predicted molar refractivity (Wildman–Crippen MR) is 135 cm³/mol. The fourth-order valence-electron chi connectivity index (χ4n) is 3.86. The summed E-state index contributed by atoms with van der Waals surface area (Å²) in [7, 11) is 1.13. The third-order valence-corrected chi connectivity index (χ3v) is 5.70. The van der Waals surface area contributed by atoms with Crippen LogP contribution in [0.5, 0.6) is 11.5 Å². The molecule has 12 heteroatoms. The first kappa shape index (κ1) is 31.3. The monoisotopic (exact) mass is 584 g/mol. The first-order chi connectivity index (χ1) is 18.9. The maximum absolute atomic E-state index is 13.8. The normalized spacial score (nSPS) is 12.1. The van der Waals surface area contributed by atoms with Gasteiger partial charge in [-0.25, -0.2) is 4.79 Å². The van der Waals surface area contributed by atoms with Gasteiger partial charge in [0.1, 0.15) is 29.3 Å². The molecular formula is C29H26F6O6. The number of alkyl halides is 6. The fourth-order valence-corrected chi connectivity index (χ4v) is 3.86. The minimum absolute atomic E-state index is 0.102. The molecular weight excluding hydrogens is 558 g/mol. The van der Waals surface area contributed by atoms with E-state index >= 15 is 0 Å². The highest BCUT2D eigenvalue weighted by molar-refractivity contribution is 5.95. The number of benzene rings is 3. The van der Waals surface area contributed by atoms with Crippen LogP contribution in [0.15, 0.2) is 54.6 Å². The van der Waals surface area contributed by atoms with Crippen molar-refractivity contribution >= 4 is 11.9 Å². The van der Waals surface area contributed by atoms with Crippen LogP contribution < -0.4 is 4.74 Å². The molecule has 0 heterocycles. The molecule has 220 valence electrons. The molecule has 3 aromatic carbocycles. The van der Waals surface area contributed by atoms with Crippen LogP contribution in [0.1, 0.15) is 53.4 Å². The molecule has 0 aliphatic carbocycles. The molecule has 0 radical (unpaired) electrons. The summed E-state index contributed by atoms with van der Waals surface area (Å²) in [5.41, 5.74) is -4.14. The number of halogens is 6. The van der Waals surface area contributed by atoms with Gasteiger partial charge in [-0.2, -0.15) is 26.3 Å². The third-order valence-electron chi connectivity index (χ3n) is 5.70. The maximum Gasteiger partial charge on any atom is 0.419 e. The SMILES string of the molecule is COC(=O)Cc1ccc(-c2ccc(OCc3ccc(C(F)(F)F)c(O)c3C(=O)OC(C)(C)C)cc2)c(C(F)(F)F)c1. The van der Waals surface area contributed by atoms with E-state index in [0.29, 0.717) is 6.07 Å². The molecule has 0 amide bonds. The topological polar surface area (TPSA) is 82.1 Å². The summed E-state index contributed by atoms with van der Waals surface area (Å²) >= 11 is 0. The van der Waals surface area contributed by atoms with E-state index in [1.165, 1.54) is 57.2 Å². The van der Waals surface area contributed by atoms with Crippen LogP contribution in [0.2, 0.25) is 0 Å². The largest absolute Gasteiger partial charge is 0.506 e. The number of carbonyl (C=O) groups is 2. The number of ether oxygens (including phenoxy) is 3. The molecule has 0 saturated heterocycles. The number of hydrogen-bond donors (Lipinski definition) is 1. The van der Waals surface area contributed by atoms with Gasteiger partial charge in [0.2, 0.25) is 0 Å². The van der Waals surface area contributed by atoms with E-state index in [9.17, 15) is 41.0 Å². The Hall–Kier alpha value is -4.22. The molecule has 1 N–H and O–H groups in total. The van der Waals surface area contributed by atoms with E-state index in [0.717, 1.165) is 19.2 Å². The van der Waals surface area contributed by atoms with Crippen LogP contribution in [0.3, 0.4) is 0 Å². The highest BCUT2D eigenvalue weighted by Crippen LogP contribution is 2.40. The van der Waals surface area contributed by atoms with Crippen molar-refractivity contribution in [1.82, 2.24) is 0 Å². The molecule has 0 aliphatic heterocycles. The smallest absolute Gasteiger partial charge is 0.419 e. The molecule has 0 atom stereocenters. The molecule has 3 aromatic rings. The van der Waals surface area contributed by atoms with Crippen molar-refractivity contribution in [2.24, 2.45) is 0 Å². The summed E-state index contributed by atoms with van der Waals surface area (Å²) in [6.07, 6.45) is -10.0. The van der Waals surface area contributed by atoms with Gasteiger partial charge in [-0.3, -0.25) is 4.79 Å². The Kier molecular flexibility index (Phi) is 8.95. The minimum atomic E-state index is -4.94. The molecule has 0 fully saturated rings. The average molecular weight is 585 g/mol. The Labute approximate surface area is 231 Å². The van der Waals surface area contributed by atoms with Crippen LogP contribution in [0.4, 0.5) is 26.3 Å². The summed E-state index contributed by atoms with van der Waals surface area (Å²) in [6.45, 7) is 4.05. The Morgan fingerprint density at radius 3 is 1.98 bits per heavy atom. The molecule has 0 saturated carbocycles. The second-order valence-corrected chi connectivity index (χ2v) is 9.94. The number of phenolic OH excluding ortho intramolecular Hbond substituents is 1. The quantitative estimate of drug-likeness (QED) is 0.231.